The highest BCUT2D eigenvalue weighted by molar-refractivity contribution is 7.18. The van der Waals surface area contributed by atoms with E-state index in [1.165, 1.54) is 28.7 Å². The normalized spacial score (nSPS) is 19.5. The monoisotopic (exact) mass is 430 g/mol. The molecular formula is C23H34N4O2S. The number of hydrogen-bond donors (Lipinski definition) is 0. The minimum atomic E-state index is -0.0486. The Kier molecular flexibility index (Phi) is 6.58. The molecule has 0 saturated carbocycles. The number of esters is 1. The Morgan fingerprint density at radius 3 is 2.47 bits per heavy atom. The van der Waals surface area contributed by atoms with Gasteiger partial charge in [-0.1, -0.05) is 6.92 Å². The molecule has 2 saturated heterocycles. The Morgan fingerprint density at radius 1 is 1.10 bits per heavy atom. The van der Waals surface area contributed by atoms with Crippen molar-refractivity contribution in [1.29, 1.82) is 0 Å². The summed E-state index contributed by atoms with van der Waals surface area (Å²) >= 11 is 1.78. The average Bonchev–Trinajstić information content (AvgIpc) is 3.03. The van der Waals surface area contributed by atoms with Crippen LogP contribution in [0.2, 0.25) is 0 Å². The molecule has 7 heteroatoms. The number of thiophene rings is 1. The molecule has 0 unspecified atom stereocenters. The third-order valence-corrected chi connectivity index (χ3v) is 7.81. The number of ether oxygens (including phenoxy) is 1. The second-order valence-electron chi connectivity index (χ2n) is 8.90. The Labute approximate surface area is 183 Å². The minimum absolute atomic E-state index is 0.0126. The smallest absolute Gasteiger partial charge is 0.309 e. The molecular weight excluding hydrogens is 396 g/mol. The molecule has 0 radical (unpaired) electrons. The first-order chi connectivity index (χ1) is 14.5. The molecule has 2 aliphatic heterocycles. The number of aromatic nitrogens is 2. The van der Waals surface area contributed by atoms with Gasteiger partial charge in [0.15, 0.2) is 0 Å². The largest absolute Gasteiger partial charge is 0.466 e. The van der Waals surface area contributed by atoms with E-state index in [0.29, 0.717) is 6.61 Å². The van der Waals surface area contributed by atoms with E-state index in [2.05, 4.69) is 30.6 Å². The van der Waals surface area contributed by atoms with Gasteiger partial charge in [-0.3, -0.25) is 9.69 Å². The van der Waals surface area contributed by atoms with Crippen LogP contribution in [0.4, 0.5) is 5.82 Å². The summed E-state index contributed by atoms with van der Waals surface area (Å²) in [4.78, 5) is 29.4. The Hall–Kier alpha value is -1.73. The topological polar surface area (TPSA) is 58.6 Å². The average molecular weight is 431 g/mol. The summed E-state index contributed by atoms with van der Waals surface area (Å²) in [6.07, 6.45) is 4.17. The summed E-state index contributed by atoms with van der Waals surface area (Å²) in [5.74, 6) is 2.78. The predicted octanol–water partition coefficient (Wildman–Crippen LogP) is 4.32. The van der Waals surface area contributed by atoms with Crippen LogP contribution in [-0.4, -0.2) is 53.6 Å². The minimum Gasteiger partial charge on any atom is -0.466 e. The number of carbonyl (C=O) groups excluding carboxylic acids is 1. The quantitative estimate of drug-likeness (QED) is 0.659. The molecule has 2 aromatic rings. The molecule has 2 fully saturated rings. The van der Waals surface area contributed by atoms with E-state index in [0.717, 1.165) is 68.0 Å². The van der Waals surface area contributed by atoms with Crippen molar-refractivity contribution in [2.24, 2.45) is 11.8 Å². The number of aryl methyl sites for hydroxylation is 2. The van der Waals surface area contributed by atoms with Crippen LogP contribution in [0.15, 0.2) is 0 Å². The van der Waals surface area contributed by atoms with E-state index in [1.807, 2.05) is 6.92 Å². The van der Waals surface area contributed by atoms with Gasteiger partial charge >= 0.3 is 5.97 Å². The Morgan fingerprint density at radius 2 is 1.80 bits per heavy atom. The van der Waals surface area contributed by atoms with Crippen LogP contribution >= 0.6 is 11.3 Å². The standard InChI is InChI=1S/C23H34N4O2S/c1-5-29-23(28)18-8-12-27(13-9-18)21-20-16(3)17(4)30-22(20)25-19(24-21)14-26-10-6-15(2)7-11-26/h15,18H,5-14H2,1-4H3. The Balaban J connectivity index is 1.57. The van der Waals surface area contributed by atoms with E-state index in [9.17, 15) is 4.79 Å². The molecule has 4 heterocycles. The molecule has 0 atom stereocenters. The summed E-state index contributed by atoms with van der Waals surface area (Å²) in [5.41, 5.74) is 1.29. The molecule has 30 heavy (non-hydrogen) atoms. The lowest BCUT2D eigenvalue weighted by Gasteiger charge is -2.33. The molecule has 0 N–H and O–H groups in total. The van der Waals surface area contributed by atoms with Crippen LogP contribution in [0.5, 0.6) is 0 Å². The number of carbonyl (C=O) groups is 1. The highest BCUT2D eigenvalue weighted by Crippen LogP contribution is 2.36. The van der Waals surface area contributed by atoms with Gasteiger partial charge in [-0.2, -0.15) is 0 Å². The van der Waals surface area contributed by atoms with E-state index < -0.39 is 0 Å². The van der Waals surface area contributed by atoms with Crippen LogP contribution in [-0.2, 0) is 16.1 Å². The zero-order chi connectivity index (χ0) is 21.3. The van der Waals surface area contributed by atoms with Crippen LogP contribution in [0.25, 0.3) is 10.2 Å². The lowest BCUT2D eigenvalue weighted by Crippen LogP contribution is -2.38. The van der Waals surface area contributed by atoms with Crippen LogP contribution in [0.3, 0.4) is 0 Å². The summed E-state index contributed by atoms with van der Waals surface area (Å²) in [7, 11) is 0. The summed E-state index contributed by atoms with van der Waals surface area (Å²) in [6, 6.07) is 0. The van der Waals surface area contributed by atoms with Gasteiger partial charge in [0.2, 0.25) is 0 Å². The number of nitrogens with zero attached hydrogens (tertiary/aromatic N) is 4. The maximum absolute atomic E-state index is 12.1. The van der Waals surface area contributed by atoms with E-state index in [-0.39, 0.29) is 11.9 Å². The first-order valence-corrected chi connectivity index (χ1v) is 12.2. The van der Waals surface area contributed by atoms with Crippen molar-refractivity contribution in [3.8, 4) is 0 Å². The molecule has 0 aliphatic carbocycles. The number of piperidine rings is 2. The van der Waals surface area contributed by atoms with Crippen molar-refractivity contribution in [3.63, 3.8) is 0 Å². The van der Waals surface area contributed by atoms with Gasteiger partial charge in [0.1, 0.15) is 16.5 Å². The van der Waals surface area contributed by atoms with Crippen molar-refractivity contribution in [1.82, 2.24) is 14.9 Å². The lowest BCUT2D eigenvalue weighted by molar-refractivity contribution is -0.148. The van der Waals surface area contributed by atoms with Gasteiger partial charge in [0.25, 0.3) is 0 Å². The fourth-order valence-corrected chi connectivity index (χ4v) is 5.62. The summed E-state index contributed by atoms with van der Waals surface area (Å²) in [5, 5.41) is 1.20. The van der Waals surface area contributed by atoms with Crippen molar-refractivity contribution in [3.05, 3.63) is 16.3 Å². The molecule has 6 nitrogen and oxygen atoms in total. The molecule has 0 aromatic carbocycles. The summed E-state index contributed by atoms with van der Waals surface area (Å²) < 4.78 is 5.24. The van der Waals surface area contributed by atoms with Crippen LogP contribution < -0.4 is 4.90 Å². The molecule has 0 bridgehead atoms. The number of fused-ring (bicyclic) bond motifs is 1. The molecule has 2 aliphatic rings. The fraction of sp³-hybridized carbons (Fsp3) is 0.696. The van der Waals surface area contributed by atoms with E-state index in [1.54, 1.807) is 11.3 Å². The van der Waals surface area contributed by atoms with Crippen molar-refractivity contribution >= 4 is 33.3 Å². The van der Waals surface area contributed by atoms with Gasteiger partial charge in [0, 0.05) is 18.0 Å². The zero-order valence-electron chi connectivity index (χ0n) is 18.7. The second-order valence-corrected chi connectivity index (χ2v) is 10.1. The zero-order valence-corrected chi connectivity index (χ0v) is 19.6. The van der Waals surface area contributed by atoms with Gasteiger partial charge in [-0.25, -0.2) is 9.97 Å². The van der Waals surface area contributed by atoms with Gasteiger partial charge in [-0.15, -0.1) is 11.3 Å². The van der Waals surface area contributed by atoms with Crippen molar-refractivity contribution in [2.45, 2.75) is 59.9 Å². The number of hydrogen-bond acceptors (Lipinski definition) is 7. The van der Waals surface area contributed by atoms with E-state index >= 15 is 0 Å². The first-order valence-electron chi connectivity index (χ1n) is 11.4. The maximum Gasteiger partial charge on any atom is 0.309 e. The molecule has 0 spiro atoms. The highest BCUT2D eigenvalue weighted by Gasteiger charge is 2.29. The number of rotatable bonds is 5. The highest BCUT2D eigenvalue weighted by atomic mass is 32.1. The third kappa shape index (κ3) is 4.47. The van der Waals surface area contributed by atoms with Gasteiger partial charge in [-0.05, 0) is 71.0 Å². The Bertz CT molecular complexity index is 896. The van der Waals surface area contributed by atoms with Crippen molar-refractivity contribution in [2.75, 3.05) is 37.7 Å². The molecule has 4 rings (SSSR count). The first kappa shape index (κ1) is 21.5. The second kappa shape index (κ2) is 9.18. The van der Waals surface area contributed by atoms with Gasteiger partial charge < -0.3 is 9.64 Å². The molecule has 164 valence electrons. The lowest BCUT2D eigenvalue weighted by atomic mass is 9.96. The predicted molar refractivity (Wildman–Crippen MR) is 122 cm³/mol. The van der Waals surface area contributed by atoms with Crippen LogP contribution in [0.1, 0.15) is 55.8 Å². The van der Waals surface area contributed by atoms with Gasteiger partial charge in [0.05, 0.1) is 24.5 Å². The molecule has 0 amide bonds. The third-order valence-electron chi connectivity index (χ3n) is 6.71. The molecule has 2 aromatic heterocycles. The van der Waals surface area contributed by atoms with Crippen LogP contribution in [0, 0.1) is 25.7 Å². The van der Waals surface area contributed by atoms with E-state index in [4.69, 9.17) is 14.7 Å². The maximum atomic E-state index is 12.1. The SMILES string of the molecule is CCOC(=O)C1CCN(c2nc(CN3CCC(C)CC3)nc3sc(C)c(C)c23)CC1. The number of likely N-dealkylation sites (tertiary alicyclic amines) is 1. The summed E-state index contributed by atoms with van der Waals surface area (Å²) in [6.45, 7) is 13.8. The fourth-order valence-electron chi connectivity index (χ4n) is 4.58. The number of anilines is 1. The van der Waals surface area contributed by atoms with Crippen molar-refractivity contribution < 1.29 is 9.53 Å².